The Kier molecular flexibility index (Phi) is 6.10. The summed E-state index contributed by atoms with van der Waals surface area (Å²) in [5.74, 6) is -1.28. The first-order valence-electron chi connectivity index (χ1n) is 9.78. The number of nitrogens with zero attached hydrogens (tertiary/aromatic N) is 1. The van der Waals surface area contributed by atoms with E-state index in [1.807, 2.05) is 19.9 Å². The van der Waals surface area contributed by atoms with E-state index in [1.54, 1.807) is 26.0 Å². The van der Waals surface area contributed by atoms with E-state index < -0.39 is 23.0 Å². The molecule has 3 aromatic rings. The molecule has 0 fully saturated rings. The van der Waals surface area contributed by atoms with Crippen LogP contribution in [0.25, 0.3) is 0 Å². The first kappa shape index (κ1) is 22.0. The zero-order valence-electron chi connectivity index (χ0n) is 18.1. The summed E-state index contributed by atoms with van der Waals surface area (Å²) in [7, 11) is 1.23. The smallest absolute Gasteiger partial charge is 0.341 e. The van der Waals surface area contributed by atoms with Crippen molar-refractivity contribution in [1.29, 1.82) is 0 Å². The second-order valence-corrected chi connectivity index (χ2v) is 7.72. The van der Waals surface area contributed by atoms with Crippen LogP contribution in [0.2, 0.25) is 0 Å². The van der Waals surface area contributed by atoms with Gasteiger partial charge in [-0.1, -0.05) is 31.0 Å². The Morgan fingerprint density at radius 1 is 1.13 bits per heavy atom. The number of rotatable bonds is 6. The van der Waals surface area contributed by atoms with E-state index in [9.17, 15) is 19.2 Å². The van der Waals surface area contributed by atoms with Gasteiger partial charge >= 0.3 is 11.7 Å². The van der Waals surface area contributed by atoms with Gasteiger partial charge in [-0.15, -0.1) is 0 Å². The molecule has 3 rings (SSSR count). The van der Waals surface area contributed by atoms with E-state index in [0.29, 0.717) is 5.56 Å². The number of aromatic amines is 1. The Balaban J connectivity index is 2.27. The summed E-state index contributed by atoms with van der Waals surface area (Å²) < 4.78 is 11.3. The first-order chi connectivity index (χ1) is 14.6. The number of carbonyl (C=O) groups is 2. The monoisotopic (exact) mass is 424 g/mol. The van der Waals surface area contributed by atoms with Crippen LogP contribution in [0, 0.1) is 13.8 Å². The van der Waals surface area contributed by atoms with Gasteiger partial charge in [0.25, 0.3) is 5.56 Å². The molecule has 1 aromatic carbocycles. The lowest BCUT2D eigenvalue weighted by Crippen LogP contribution is -2.38. The van der Waals surface area contributed by atoms with Gasteiger partial charge in [-0.3, -0.25) is 19.1 Å². The fourth-order valence-corrected chi connectivity index (χ4v) is 3.66. The molecule has 0 bridgehead atoms. The molecule has 2 aromatic heterocycles. The summed E-state index contributed by atoms with van der Waals surface area (Å²) >= 11 is 0. The molecule has 0 saturated carbocycles. The molecule has 0 unspecified atom stereocenters. The van der Waals surface area contributed by atoms with Gasteiger partial charge in [-0.05, 0) is 38.0 Å². The molecule has 0 aliphatic carbocycles. The number of H-pyrrole nitrogens is 1. The third kappa shape index (κ3) is 4.28. The Bertz CT molecular complexity index is 1260. The lowest BCUT2D eigenvalue weighted by Gasteiger charge is -2.17. The predicted molar refractivity (Wildman–Crippen MR) is 114 cm³/mol. The van der Waals surface area contributed by atoms with Crippen molar-refractivity contribution in [3.63, 3.8) is 0 Å². The van der Waals surface area contributed by atoms with Crippen molar-refractivity contribution in [2.75, 3.05) is 7.11 Å². The van der Waals surface area contributed by atoms with Gasteiger partial charge in [-0.2, -0.15) is 0 Å². The first-order valence-corrected chi connectivity index (χ1v) is 9.78. The van der Waals surface area contributed by atoms with Gasteiger partial charge < -0.3 is 9.15 Å². The normalized spacial score (nSPS) is 11.0. The van der Waals surface area contributed by atoms with Gasteiger partial charge in [-0.25, -0.2) is 9.59 Å². The minimum Gasteiger partial charge on any atom is -0.467 e. The number of furan rings is 1. The topological polar surface area (TPSA) is 111 Å². The number of ketones is 1. The van der Waals surface area contributed by atoms with E-state index in [1.165, 1.54) is 19.4 Å². The molecular weight excluding hydrogens is 400 g/mol. The number of nitrogens with one attached hydrogen (secondary N) is 1. The highest BCUT2D eigenvalue weighted by Crippen LogP contribution is 2.21. The minimum absolute atomic E-state index is 0.0269. The van der Waals surface area contributed by atoms with Crippen LogP contribution in [0.15, 0.2) is 44.5 Å². The molecule has 0 saturated heterocycles. The molecule has 0 aliphatic rings. The van der Waals surface area contributed by atoms with Crippen LogP contribution in [0.3, 0.4) is 0 Å². The Morgan fingerprint density at radius 3 is 2.35 bits per heavy atom. The van der Waals surface area contributed by atoms with Crippen molar-refractivity contribution in [1.82, 2.24) is 9.55 Å². The van der Waals surface area contributed by atoms with Crippen LogP contribution in [-0.2, 0) is 11.3 Å². The maximum absolute atomic E-state index is 13.6. The molecule has 31 heavy (non-hydrogen) atoms. The molecular formula is C23H24N2O6. The van der Waals surface area contributed by atoms with Crippen LogP contribution in [-0.4, -0.2) is 28.4 Å². The quantitative estimate of drug-likeness (QED) is 0.481. The molecule has 0 aliphatic heterocycles. The number of esters is 1. The number of aryl methyl sites for hydroxylation is 2. The Hall–Kier alpha value is -3.68. The van der Waals surface area contributed by atoms with Crippen LogP contribution in [0.1, 0.15) is 68.6 Å². The predicted octanol–water partition coefficient (Wildman–Crippen LogP) is 2.94. The average molecular weight is 424 g/mol. The number of ether oxygens (including phenoxy) is 1. The van der Waals surface area contributed by atoms with Crippen molar-refractivity contribution in [2.45, 2.75) is 40.2 Å². The van der Waals surface area contributed by atoms with Crippen LogP contribution in [0.5, 0.6) is 0 Å². The fourth-order valence-electron chi connectivity index (χ4n) is 3.66. The van der Waals surface area contributed by atoms with E-state index in [-0.39, 0.29) is 35.0 Å². The van der Waals surface area contributed by atoms with Gasteiger partial charge in [0, 0.05) is 11.1 Å². The summed E-state index contributed by atoms with van der Waals surface area (Å²) in [6.45, 7) is 7.04. The summed E-state index contributed by atoms with van der Waals surface area (Å²) in [5, 5.41) is 0. The molecule has 0 radical (unpaired) electrons. The molecule has 8 heteroatoms. The van der Waals surface area contributed by atoms with E-state index in [4.69, 9.17) is 9.15 Å². The number of methoxy groups -OCH3 is 1. The summed E-state index contributed by atoms with van der Waals surface area (Å²) in [6.07, 6.45) is 1.30. The van der Waals surface area contributed by atoms with Crippen molar-refractivity contribution >= 4 is 11.8 Å². The van der Waals surface area contributed by atoms with Gasteiger partial charge in [0.05, 0.1) is 19.9 Å². The second kappa shape index (κ2) is 8.59. The Morgan fingerprint density at radius 2 is 1.77 bits per heavy atom. The number of hydrogen-bond acceptors (Lipinski definition) is 6. The number of benzene rings is 1. The van der Waals surface area contributed by atoms with E-state index in [0.717, 1.165) is 15.7 Å². The maximum atomic E-state index is 13.6. The van der Waals surface area contributed by atoms with E-state index in [2.05, 4.69) is 4.98 Å². The molecule has 0 atom stereocenters. The molecule has 2 heterocycles. The zero-order chi connectivity index (χ0) is 22.9. The average Bonchev–Trinajstić information content (AvgIpc) is 3.15. The summed E-state index contributed by atoms with van der Waals surface area (Å²) in [5.41, 5.74) is 1.04. The highest BCUT2D eigenvalue weighted by Gasteiger charge is 2.26. The second-order valence-electron chi connectivity index (χ2n) is 7.72. The largest absolute Gasteiger partial charge is 0.467 e. The number of carbonyl (C=O) groups excluding carboxylic acids is 2. The molecule has 0 spiro atoms. The summed E-state index contributed by atoms with van der Waals surface area (Å²) in [6, 6.07) is 6.77. The van der Waals surface area contributed by atoms with E-state index >= 15 is 0 Å². The molecule has 8 nitrogen and oxygen atoms in total. The molecule has 1 N–H and O–H groups in total. The highest BCUT2D eigenvalue weighted by atomic mass is 16.5. The SMILES string of the molecule is COC(=O)c1ccoc1Cn1c(C(=O)c2cc(C)cc(C)c2)c(C(C)C)c(=O)[nH]c1=O. The lowest BCUT2D eigenvalue weighted by molar-refractivity contribution is 0.0598. The van der Waals surface area contributed by atoms with Crippen molar-refractivity contribution in [3.05, 3.63) is 90.6 Å². The zero-order valence-corrected chi connectivity index (χ0v) is 18.1. The van der Waals surface area contributed by atoms with Crippen molar-refractivity contribution in [2.24, 2.45) is 0 Å². The molecule has 162 valence electrons. The van der Waals surface area contributed by atoms with Crippen molar-refractivity contribution < 1.29 is 18.7 Å². The fraction of sp³-hybridized carbons (Fsp3) is 0.304. The number of hydrogen-bond donors (Lipinski definition) is 1. The molecule has 0 amide bonds. The third-order valence-corrected chi connectivity index (χ3v) is 4.96. The van der Waals surface area contributed by atoms with Crippen LogP contribution < -0.4 is 11.2 Å². The summed E-state index contributed by atoms with van der Waals surface area (Å²) in [4.78, 5) is 53.3. The standard InChI is InChI=1S/C23H24N2O6/c1-12(2)18-19(20(26)15-9-13(3)8-14(4)10-15)25(23(29)24-21(18)27)11-17-16(6-7-31-17)22(28)30-5/h6-10,12H,11H2,1-5H3,(H,24,27,29). The van der Waals surface area contributed by atoms with Gasteiger partial charge in [0.1, 0.15) is 17.0 Å². The number of aromatic nitrogens is 2. The maximum Gasteiger partial charge on any atom is 0.341 e. The van der Waals surface area contributed by atoms with Crippen LogP contribution >= 0.6 is 0 Å². The third-order valence-electron chi connectivity index (χ3n) is 4.96. The Labute approximate surface area is 178 Å². The van der Waals surface area contributed by atoms with Gasteiger partial charge in [0.2, 0.25) is 5.78 Å². The van der Waals surface area contributed by atoms with Crippen molar-refractivity contribution in [3.8, 4) is 0 Å². The van der Waals surface area contributed by atoms with Crippen LogP contribution in [0.4, 0.5) is 0 Å². The highest BCUT2D eigenvalue weighted by molar-refractivity contribution is 6.09. The lowest BCUT2D eigenvalue weighted by atomic mass is 9.95. The minimum atomic E-state index is -0.769. The van der Waals surface area contributed by atoms with Gasteiger partial charge in [0.15, 0.2) is 0 Å².